The van der Waals surface area contributed by atoms with E-state index >= 15 is 0 Å². The number of nitrogens with two attached hydrogens (primary N) is 1. The summed E-state index contributed by atoms with van der Waals surface area (Å²) in [6.07, 6.45) is 4.83. The van der Waals surface area contributed by atoms with Crippen molar-refractivity contribution < 1.29 is 19.3 Å². The van der Waals surface area contributed by atoms with Crippen LogP contribution in [0, 0.1) is 5.82 Å². The molecule has 0 amide bonds. The van der Waals surface area contributed by atoms with Crippen LogP contribution < -0.4 is 5.73 Å². The van der Waals surface area contributed by atoms with Gasteiger partial charge in [-0.2, -0.15) is 0 Å². The molecule has 0 heterocycles. The van der Waals surface area contributed by atoms with Crippen molar-refractivity contribution in [2.24, 2.45) is 5.73 Å². The van der Waals surface area contributed by atoms with Gasteiger partial charge in [0.1, 0.15) is 5.82 Å². The average molecular weight is 297 g/mol. The molecule has 4 nitrogen and oxygen atoms in total. The number of aliphatic hydroxyl groups excluding tert-OH is 1. The Morgan fingerprint density at radius 1 is 1.24 bits per heavy atom. The molecule has 0 saturated heterocycles. The van der Waals surface area contributed by atoms with E-state index in [9.17, 15) is 9.50 Å². The molecular weight excluding hydrogens is 273 g/mol. The van der Waals surface area contributed by atoms with Gasteiger partial charge in [-0.3, -0.25) is 0 Å². The number of halogens is 1. The number of hydrogen-bond donors (Lipinski definition) is 2. The van der Waals surface area contributed by atoms with E-state index in [4.69, 9.17) is 15.5 Å². The van der Waals surface area contributed by atoms with Gasteiger partial charge in [-0.1, -0.05) is 24.3 Å². The van der Waals surface area contributed by atoms with E-state index in [1.54, 1.807) is 24.3 Å². The molecule has 2 atom stereocenters. The van der Waals surface area contributed by atoms with Crippen LogP contribution in [0.3, 0.4) is 0 Å². The van der Waals surface area contributed by atoms with Crippen molar-refractivity contribution >= 4 is 0 Å². The summed E-state index contributed by atoms with van der Waals surface area (Å²) < 4.78 is 12.8. The third-order valence-electron chi connectivity index (χ3n) is 2.90. The zero-order chi connectivity index (χ0) is 15.5. The predicted octanol–water partition coefficient (Wildman–Crippen LogP) is 2.36. The Kier molecular flexibility index (Phi) is 8.85. The second kappa shape index (κ2) is 10.5. The Hall–Kier alpha value is -1.27. The van der Waals surface area contributed by atoms with Crippen LogP contribution >= 0.6 is 0 Å². The molecule has 1 aromatic carbocycles. The van der Waals surface area contributed by atoms with Crippen LogP contribution in [0.4, 0.5) is 4.39 Å². The molecule has 0 aromatic heterocycles. The quantitative estimate of drug-likeness (QED) is 0.301. The highest BCUT2D eigenvalue weighted by molar-refractivity contribution is 5.18. The first-order chi connectivity index (χ1) is 10.1. The van der Waals surface area contributed by atoms with Crippen LogP contribution in [0.2, 0.25) is 0 Å². The minimum absolute atomic E-state index is 0.127. The summed E-state index contributed by atoms with van der Waals surface area (Å²) >= 11 is 0. The minimum atomic E-state index is -0.624. The van der Waals surface area contributed by atoms with Crippen molar-refractivity contribution in [1.82, 2.24) is 0 Å². The van der Waals surface area contributed by atoms with E-state index in [0.29, 0.717) is 19.6 Å². The lowest BCUT2D eigenvalue weighted by molar-refractivity contribution is -0.291. The van der Waals surface area contributed by atoms with E-state index in [0.717, 1.165) is 18.4 Å². The third kappa shape index (κ3) is 8.57. The molecule has 0 saturated carbocycles. The summed E-state index contributed by atoms with van der Waals surface area (Å²) in [4.78, 5) is 9.65. The van der Waals surface area contributed by atoms with Gasteiger partial charge in [0, 0.05) is 12.5 Å². The Balaban J connectivity index is 2.22. The third-order valence-corrected chi connectivity index (χ3v) is 2.90. The fourth-order valence-electron chi connectivity index (χ4n) is 1.82. The van der Waals surface area contributed by atoms with E-state index < -0.39 is 6.10 Å². The van der Waals surface area contributed by atoms with Gasteiger partial charge in [-0.05, 0) is 37.5 Å². The first-order valence-corrected chi connectivity index (χ1v) is 7.22. The summed E-state index contributed by atoms with van der Waals surface area (Å²) in [5.41, 5.74) is 6.79. The van der Waals surface area contributed by atoms with Gasteiger partial charge in [-0.25, -0.2) is 14.2 Å². The normalized spacial score (nSPS) is 14.5. The largest absolute Gasteiger partial charge is 0.389 e. The SMILES string of the molecule is CCOOCCC[C@@H](N)/C=C/[C@@H](O)Cc1ccc(F)cc1. The van der Waals surface area contributed by atoms with Crippen molar-refractivity contribution in [2.75, 3.05) is 13.2 Å². The molecule has 0 radical (unpaired) electrons. The summed E-state index contributed by atoms with van der Waals surface area (Å²) in [7, 11) is 0. The molecule has 0 spiro atoms. The highest BCUT2D eigenvalue weighted by atomic mass is 19.1. The number of rotatable bonds is 10. The van der Waals surface area contributed by atoms with Crippen LogP contribution in [0.5, 0.6) is 0 Å². The topological polar surface area (TPSA) is 64.7 Å². The van der Waals surface area contributed by atoms with Gasteiger partial charge in [-0.15, -0.1) is 0 Å². The maximum absolute atomic E-state index is 12.8. The molecule has 0 bridgehead atoms. The zero-order valence-electron chi connectivity index (χ0n) is 12.4. The van der Waals surface area contributed by atoms with Crippen molar-refractivity contribution in [3.8, 4) is 0 Å². The van der Waals surface area contributed by atoms with Crippen molar-refractivity contribution in [1.29, 1.82) is 0 Å². The number of aliphatic hydroxyl groups is 1. The summed E-state index contributed by atoms with van der Waals surface area (Å²) in [5, 5.41) is 9.88. The number of hydrogen-bond acceptors (Lipinski definition) is 4. The van der Waals surface area contributed by atoms with Crippen molar-refractivity contribution in [2.45, 2.75) is 38.3 Å². The Bertz CT molecular complexity index is 408. The standard InChI is InChI=1S/C16H24FNO3/c1-2-20-21-11-3-4-15(18)9-10-16(19)12-13-5-7-14(17)8-6-13/h5-10,15-16,19H,2-4,11-12,18H2,1H3/b10-9+/t15-,16-/m1/s1. The van der Waals surface area contributed by atoms with Gasteiger partial charge >= 0.3 is 0 Å². The fraction of sp³-hybridized carbons (Fsp3) is 0.500. The fourth-order valence-corrected chi connectivity index (χ4v) is 1.82. The summed E-state index contributed by atoms with van der Waals surface area (Å²) in [6, 6.07) is 5.97. The lowest BCUT2D eigenvalue weighted by atomic mass is 10.1. The lowest BCUT2D eigenvalue weighted by Gasteiger charge is -2.09. The maximum atomic E-state index is 12.8. The maximum Gasteiger partial charge on any atom is 0.123 e. The molecule has 21 heavy (non-hydrogen) atoms. The highest BCUT2D eigenvalue weighted by Crippen LogP contribution is 2.07. The van der Waals surface area contributed by atoms with Gasteiger partial charge in [0.05, 0.1) is 19.3 Å². The van der Waals surface area contributed by atoms with Gasteiger partial charge in [0.2, 0.25) is 0 Å². The van der Waals surface area contributed by atoms with Crippen LogP contribution in [-0.2, 0) is 16.2 Å². The van der Waals surface area contributed by atoms with Crippen LogP contribution in [0.25, 0.3) is 0 Å². The molecule has 3 N–H and O–H groups in total. The Morgan fingerprint density at radius 3 is 2.62 bits per heavy atom. The molecular formula is C16H24FNO3. The molecule has 0 aliphatic heterocycles. The van der Waals surface area contributed by atoms with E-state index in [1.807, 2.05) is 6.92 Å². The van der Waals surface area contributed by atoms with Crippen molar-refractivity contribution in [3.63, 3.8) is 0 Å². The molecule has 5 heteroatoms. The van der Waals surface area contributed by atoms with E-state index in [-0.39, 0.29) is 11.9 Å². The molecule has 0 unspecified atom stereocenters. The molecule has 0 fully saturated rings. The zero-order valence-corrected chi connectivity index (χ0v) is 12.4. The minimum Gasteiger partial charge on any atom is -0.389 e. The second-order valence-corrected chi connectivity index (χ2v) is 4.82. The molecule has 118 valence electrons. The number of benzene rings is 1. The lowest BCUT2D eigenvalue weighted by Crippen LogP contribution is -2.19. The van der Waals surface area contributed by atoms with E-state index in [1.165, 1.54) is 12.1 Å². The van der Waals surface area contributed by atoms with Crippen LogP contribution in [-0.4, -0.2) is 30.5 Å². The van der Waals surface area contributed by atoms with E-state index in [2.05, 4.69) is 0 Å². The molecule has 0 aliphatic carbocycles. The molecule has 1 aromatic rings. The first-order valence-electron chi connectivity index (χ1n) is 7.22. The summed E-state index contributed by atoms with van der Waals surface area (Å²) in [6.45, 7) is 2.89. The second-order valence-electron chi connectivity index (χ2n) is 4.82. The Morgan fingerprint density at radius 2 is 1.95 bits per heavy atom. The molecule has 1 rings (SSSR count). The highest BCUT2D eigenvalue weighted by Gasteiger charge is 2.04. The molecule has 0 aliphatic rings. The first kappa shape index (κ1) is 17.8. The van der Waals surface area contributed by atoms with Gasteiger partial charge in [0.15, 0.2) is 0 Å². The van der Waals surface area contributed by atoms with Gasteiger partial charge in [0.25, 0.3) is 0 Å². The van der Waals surface area contributed by atoms with Gasteiger partial charge < -0.3 is 10.8 Å². The summed E-state index contributed by atoms with van der Waals surface area (Å²) in [5.74, 6) is -0.278. The van der Waals surface area contributed by atoms with Crippen LogP contribution in [0.15, 0.2) is 36.4 Å². The average Bonchev–Trinajstić information content (AvgIpc) is 2.47. The Labute approximate surface area is 125 Å². The monoisotopic (exact) mass is 297 g/mol. The van der Waals surface area contributed by atoms with Crippen molar-refractivity contribution in [3.05, 3.63) is 47.8 Å². The van der Waals surface area contributed by atoms with Crippen LogP contribution in [0.1, 0.15) is 25.3 Å². The predicted molar refractivity (Wildman–Crippen MR) is 80.0 cm³/mol. The smallest absolute Gasteiger partial charge is 0.123 e.